The zero-order valence-electron chi connectivity index (χ0n) is 10.3. The van der Waals surface area contributed by atoms with Gasteiger partial charge in [0.15, 0.2) is 0 Å². The van der Waals surface area contributed by atoms with Crippen LogP contribution in [0.1, 0.15) is 32.6 Å². The van der Waals surface area contributed by atoms with Crippen LogP contribution < -0.4 is 5.73 Å². The van der Waals surface area contributed by atoms with Crippen LogP contribution in [0.3, 0.4) is 0 Å². The third kappa shape index (κ3) is 2.96. The molecule has 1 aromatic rings. The molecule has 1 saturated carbocycles. The molecule has 2 rings (SSSR count). The molecule has 1 fully saturated rings. The van der Waals surface area contributed by atoms with E-state index in [2.05, 4.69) is 6.92 Å². The lowest BCUT2D eigenvalue weighted by atomic mass is 9.84. The summed E-state index contributed by atoms with van der Waals surface area (Å²) in [7, 11) is -0.947. The van der Waals surface area contributed by atoms with Crippen molar-refractivity contribution in [3.63, 3.8) is 0 Å². The number of hydrogen-bond acceptors (Lipinski definition) is 2. The van der Waals surface area contributed by atoms with Gasteiger partial charge in [-0.1, -0.05) is 31.5 Å². The molecular formula is C14H21NOS. The van der Waals surface area contributed by atoms with Crippen LogP contribution in [-0.2, 0) is 10.8 Å². The van der Waals surface area contributed by atoms with Crippen molar-refractivity contribution in [3.8, 4) is 0 Å². The van der Waals surface area contributed by atoms with Gasteiger partial charge in [-0.05, 0) is 37.3 Å². The van der Waals surface area contributed by atoms with Crippen LogP contribution in [-0.4, -0.2) is 15.5 Å². The fourth-order valence-electron chi connectivity index (χ4n) is 2.58. The molecule has 0 saturated heterocycles. The van der Waals surface area contributed by atoms with E-state index in [1.807, 2.05) is 30.3 Å². The van der Waals surface area contributed by atoms with Crippen LogP contribution in [0.4, 0.5) is 0 Å². The Morgan fingerprint density at radius 1 is 1.29 bits per heavy atom. The standard InChI is InChI=1S/C14H21NOS/c1-2-11-8-9-13(15)14(10-11)17(16)12-6-4-3-5-7-12/h3-7,11,13-14H,2,8-10,15H2,1H3. The van der Waals surface area contributed by atoms with Crippen LogP contribution in [0.25, 0.3) is 0 Å². The molecule has 4 atom stereocenters. The van der Waals surface area contributed by atoms with Gasteiger partial charge < -0.3 is 5.73 Å². The van der Waals surface area contributed by atoms with Crippen LogP contribution in [0, 0.1) is 5.92 Å². The summed E-state index contributed by atoms with van der Waals surface area (Å²) in [6.07, 6.45) is 4.40. The van der Waals surface area contributed by atoms with Crippen molar-refractivity contribution in [2.45, 2.75) is 48.8 Å². The molecule has 2 nitrogen and oxygen atoms in total. The molecule has 4 unspecified atom stereocenters. The van der Waals surface area contributed by atoms with Crippen molar-refractivity contribution < 1.29 is 4.21 Å². The predicted octanol–water partition coefficient (Wildman–Crippen LogP) is 2.70. The number of nitrogens with two attached hydrogens (primary N) is 1. The highest BCUT2D eigenvalue weighted by Crippen LogP contribution is 2.31. The smallest absolute Gasteiger partial charge is 0.0576 e. The Morgan fingerprint density at radius 3 is 2.65 bits per heavy atom. The molecule has 0 aromatic heterocycles. The number of rotatable bonds is 3. The predicted molar refractivity (Wildman–Crippen MR) is 72.2 cm³/mol. The third-order valence-electron chi connectivity index (χ3n) is 3.78. The van der Waals surface area contributed by atoms with Crippen LogP contribution in [0.5, 0.6) is 0 Å². The van der Waals surface area contributed by atoms with Gasteiger partial charge in [0.05, 0.1) is 16.0 Å². The maximum Gasteiger partial charge on any atom is 0.0576 e. The lowest BCUT2D eigenvalue weighted by Crippen LogP contribution is -2.42. The highest BCUT2D eigenvalue weighted by molar-refractivity contribution is 7.85. The summed E-state index contributed by atoms with van der Waals surface area (Å²) in [5.74, 6) is 0.701. The van der Waals surface area contributed by atoms with E-state index in [9.17, 15) is 4.21 Å². The van der Waals surface area contributed by atoms with Crippen molar-refractivity contribution in [2.24, 2.45) is 11.7 Å². The van der Waals surface area contributed by atoms with Gasteiger partial charge in [-0.3, -0.25) is 4.21 Å². The summed E-state index contributed by atoms with van der Waals surface area (Å²) in [6, 6.07) is 9.82. The monoisotopic (exact) mass is 251 g/mol. The molecular weight excluding hydrogens is 230 g/mol. The molecule has 3 heteroatoms. The summed E-state index contributed by atoms with van der Waals surface area (Å²) in [6.45, 7) is 2.21. The van der Waals surface area contributed by atoms with E-state index in [0.29, 0.717) is 5.92 Å². The molecule has 0 amide bonds. The Kier molecular flexibility index (Phi) is 4.35. The van der Waals surface area contributed by atoms with E-state index >= 15 is 0 Å². The second kappa shape index (κ2) is 5.78. The summed E-state index contributed by atoms with van der Waals surface area (Å²) < 4.78 is 12.5. The van der Waals surface area contributed by atoms with Gasteiger partial charge in [-0.2, -0.15) is 0 Å². The van der Waals surface area contributed by atoms with E-state index in [4.69, 9.17) is 5.73 Å². The Balaban J connectivity index is 2.12. The normalized spacial score (nSPS) is 31.1. The van der Waals surface area contributed by atoms with Crippen molar-refractivity contribution in [1.82, 2.24) is 0 Å². The van der Waals surface area contributed by atoms with E-state index in [-0.39, 0.29) is 11.3 Å². The topological polar surface area (TPSA) is 43.1 Å². The second-order valence-corrected chi connectivity index (χ2v) is 6.57. The number of hydrogen-bond donors (Lipinski definition) is 1. The van der Waals surface area contributed by atoms with Crippen molar-refractivity contribution in [3.05, 3.63) is 30.3 Å². The largest absolute Gasteiger partial charge is 0.327 e. The molecule has 0 bridgehead atoms. The van der Waals surface area contributed by atoms with Crippen molar-refractivity contribution in [2.75, 3.05) is 0 Å². The molecule has 1 aliphatic rings. The minimum Gasteiger partial charge on any atom is -0.327 e. The molecule has 94 valence electrons. The van der Waals surface area contributed by atoms with E-state index in [0.717, 1.165) is 17.7 Å². The molecule has 1 aromatic carbocycles. The first-order valence-electron chi connectivity index (χ1n) is 6.43. The Hall–Kier alpha value is -0.670. The molecule has 0 aliphatic heterocycles. The maximum atomic E-state index is 12.5. The highest BCUT2D eigenvalue weighted by Gasteiger charge is 2.32. The first-order valence-corrected chi connectivity index (χ1v) is 7.65. The average molecular weight is 251 g/mol. The second-order valence-electron chi connectivity index (χ2n) is 4.90. The highest BCUT2D eigenvalue weighted by atomic mass is 32.2. The van der Waals surface area contributed by atoms with E-state index < -0.39 is 10.8 Å². The first kappa shape index (κ1) is 12.8. The molecule has 1 aliphatic carbocycles. The third-order valence-corrected chi connectivity index (χ3v) is 5.61. The van der Waals surface area contributed by atoms with Gasteiger partial charge in [0.25, 0.3) is 0 Å². The van der Waals surface area contributed by atoms with Gasteiger partial charge >= 0.3 is 0 Å². The quantitative estimate of drug-likeness (QED) is 0.897. The fourth-order valence-corrected chi connectivity index (χ4v) is 4.26. The van der Waals surface area contributed by atoms with Crippen LogP contribution in [0.15, 0.2) is 35.2 Å². The first-order chi connectivity index (χ1) is 8.22. The van der Waals surface area contributed by atoms with Gasteiger partial charge in [0.1, 0.15) is 0 Å². The minimum absolute atomic E-state index is 0.0961. The molecule has 0 heterocycles. The molecule has 0 radical (unpaired) electrons. The Morgan fingerprint density at radius 2 is 2.00 bits per heavy atom. The fraction of sp³-hybridized carbons (Fsp3) is 0.571. The lowest BCUT2D eigenvalue weighted by Gasteiger charge is -2.33. The molecule has 0 spiro atoms. The lowest BCUT2D eigenvalue weighted by molar-refractivity contribution is 0.324. The Bertz CT molecular complexity index is 379. The van der Waals surface area contributed by atoms with Crippen LogP contribution >= 0.6 is 0 Å². The Labute approximate surface area is 106 Å². The van der Waals surface area contributed by atoms with Gasteiger partial charge in [-0.15, -0.1) is 0 Å². The average Bonchev–Trinajstić information content (AvgIpc) is 2.39. The number of benzene rings is 1. The zero-order chi connectivity index (χ0) is 12.3. The summed E-state index contributed by atoms with van der Waals surface area (Å²) in [4.78, 5) is 0.921. The summed E-state index contributed by atoms with van der Waals surface area (Å²) >= 11 is 0. The molecule has 2 N–H and O–H groups in total. The minimum atomic E-state index is -0.947. The van der Waals surface area contributed by atoms with E-state index in [1.54, 1.807) is 0 Å². The zero-order valence-corrected chi connectivity index (χ0v) is 11.2. The SMILES string of the molecule is CCC1CCC(N)C(S(=O)c2ccccc2)C1. The summed E-state index contributed by atoms with van der Waals surface area (Å²) in [5, 5.41) is 0.135. The molecule has 17 heavy (non-hydrogen) atoms. The van der Waals surface area contributed by atoms with Crippen molar-refractivity contribution in [1.29, 1.82) is 0 Å². The van der Waals surface area contributed by atoms with Crippen molar-refractivity contribution >= 4 is 10.8 Å². The van der Waals surface area contributed by atoms with Gasteiger partial charge in [0, 0.05) is 10.9 Å². The van der Waals surface area contributed by atoms with E-state index in [1.165, 1.54) is 12.8 Å². The van der Waals surface area contributed by atoms with Crippen LogP contribution in [0.2, 0.25) is 0 Å². The van der Waals surface area contributed by atoms with Gasteiger partial charge in [-0.25, -0.2) is 0 Å². The van der Waals surface area contributed by atoms with Gasteiger partial charge in [0.2, 0.25) is 0 Å². The summed E-state index contributed by atoms with van der Waals surface area (Å²) in [5.41, 5.74) is 6.14. The maximum absolute atomic E-state index is 12.5.